The van der Waals surface area contributed by atoms with E-state index in [4.69, 9.17) is 4.42 Å². The number of pyridine rings is 1. The maximum atomic E-state index is 6.06. The number of thiazole rings is 1. The molecular formula is C22H16N3OS+. The van der Waals surface area contributed by atoms with Crippen molar-refractivity contribution in [1.29, 1.82) is 0 Å². The molecule has 4 aromatic heterocycles. The Hall–Kier alpha value is -3.18. The Morgan fingerprint density at radius 3 is 2.89 bits per heavy atom. The minimum atomic E-state index is 0.933. The predicted molar refractivity (Wildman–Crippen MR) is 109 cm³/mol. The number of hydrogen-bond acceptors (Lipinski definition) is 3. The molecule has 0 amide bonds. The van der Waals surface area contributed by atoms with Gasteiger partial charge >= 0.3 is 0 Å². The van der Waals surface area contributed by atoms with Crippen molar-refractivity contribution in [2.75, 3.05) is 0 Å². The standard InChI is InChI=1S/C22H16N3OS/c1-13-9-19-16(14-5-3-4-6-18(14)26-19)10-15(13)21-22-17(7-8-24(21)2)25-12-23-11-20(25)27-22/h3-12H,1-2H3/q+1. The smallest absolute Gasteiger partial charge is 0.232 e. The monoisotopic (exact) mass is 370 g/mol. The predicted octanol–water partition coefficient (Wildman–Crippen LogP) is 5.25. The lowest BCUT2D eigenvalue weighted by atomic mass is 10.0. The molecule has 6 rings (SSSR count). The topological polar surface area (TPSA) is 34.3 Å². The van der Waals surface area contributed by atoms with Crippen LogP contribution in [0.5, 0.6) is 0 Å². The number of fused-ring (bicyclic) bond motifs is 6. The van der Waals surface area contributed by atoms with Gasteiger partial charge in [0, 0.05) is 16.8 Å². The molecule has 0 aliphatic heterocycles. The summed E-state index contributed by atoms with van der Waals surface area (Å²) < 4.78 is 11.7. The van der Waals surface area contributed by atoms with Crippen molar-refractivity contribution in [3.8, 4) is 11.3 Å². The second-order valence-electron chi connectivity index (χ2n) is 6.96. The van der Waals surface area contributed by atoms with E-state index in [1.807, 2.05) is 24.7 Å². The molecule has 130 valence electrons. The fourth-order valence-corrected chi connectivity index (χ4v) is 5.18. The van der Waals surface area contributed by atoms with E-state index in [1.165, 1.54) is 27.0 Å². The fourth-order valence-electron chi connectivity index (χ4n) is 3.99. The van der Waals surface area contributed by atoms with E-state index in [2.05, 4.69) is 64.5 Å². The van der Waals surface area contributed by atoms with Gasteiger partial charge in [0.05, 0.1) is 17.3 Å². The van der Waals surface area contributed by atoms with Gasteiger partial charge in [-0.05, 0) is 30.7 Å². The van der Waals surface area contributed by atoms with Crippen LogP contribution in [0, 0.1) is 6.92 Å². The highest BCUT2D eigenvalue weighted by molar-refractivity contribution is 7.24. The van der Waals surface area contributed by atoms with Crippen LogP contribution < -0.4 is 4.57 Å². The second-order valence-corrected chi connectivity index (χ2v) is 7.99. The van der Waals surface area contributed by atoms with Crippen LogP contribution in [0.4, 0.5) is 0 Å². The maximum absolute atomic E-state index is 6.06. The third kappa shape index (κ3) is 1.97. The molecule has 0 radical (unpaired) electrons. The third-order valence-corrected chi connectivity index (χ3v) is 6.42. The van der Waals surface area contributed by atoms with Crippen LogP contribution in [0.25, 0.3) is 48.2 Å². The van der Waals surface area contributed by atoms with E-state index in [0.29, 0.717) is 0 Å². The first-order chi connectivity index (χ1) is 13.2. The third-order valence-electron chi connectivity index (χ3n) is 5.31. The molecule has 5 heteroatoms. The molecule has 0 unspecified atom stereocenters. The van der Waals surface area contributed by atoms with E-state index in [-0.39, 0.29) is 0 Å². The summed E-state index contributed by atoms with van der Waals surface area (Å²) in [5.74, 6) is 0. The molecule has 0 aliphatic rings. The van der Waals surface area contributed by atoms with E-state index in [0.717, 1.165) is 26.8 Å². The Morgan fingerprint density at radius 1 is 1.07 bits per heavy atom. The van der Waals surface area contributed by atoms with Crippen molar-refractivity contribution in [2.24, 2.45) is 7.05 Å². The summed E-state index contributed by atoms with van der Waals surface area (Å²) in [4.78, 5) is 5.43. The minimum Gasteiger partial charge on any atom is -0.456 e. The van der Waals surface area contributed by atoms with Crippen LogP contribution >= 0.6 is 11.3 Å². The Kier molecular flexibility index (Phi) is 2.86. The molecule has 2 aromatic carbocycles. The molecular weight excluding hydrogens is 354 g/mol. The highest BCUT2D eigenvalue weighted by Crippen LogP contribution is 2.38. The molecule has 0 fully saturated rings. The molecule has 0 saturated carbocycles. The van der Waals surface area contributed by atoms with Crippen molar-refractivity contribution in [3.63, 3.8) is 0 Å². The summed E-state index contributed by atoms with van der Waals surface area (Å²) in [5.41, 5.74) is 6.74. The van der Waals surface area contributed by atoms with Gasteiger partial charge in [0.15, 0.2) is 6.20 Å². The summed E-state index contributed by atoms with van der Waals surface area (Å²) >= 11 is 1.78. The van der Waals surface area contributed by atoms with Gasteiger partial charge in [-0.25, -0.2) is 4.98 Å². The van der Waals surface area contributed by atoms with Crippen molar-refractivity contribution < 1.29 is 8.98 Å². The first kappa shape index (κ1) is 14.9. The molecule has 6 aromatic rings. The van der Waals surface area contributed by atoms with Gasteiger partial charge in [0.2, 0.25) is 5.69 Å². The molecule has 0 spiro atoms. The first-order valence-electron chi connectivity index (χ1n) is 8.86. The second kappa shape index (κ2) is 5.18. The fraction of sp³-hybridized carbons (Fsp3) is 0.0909. The Balaban J connectivity index is 1.75. The highest BCUT2D eigenvalue weighted by atomic mass is 32.1. The van der Waals surface area contributed by atoms with Crippen LogP contribution in [-0.4, -0.2) is 9.38 Å². The van der Waals surface area contributed by atoms with Gasteiger partial charge in [-0.1, -0.05) is 18.2 Å². The molecule has 0 saturated heterocycles. The number of aryl methyl sites for hydroxylation is 2. The van der Waals surface area contributed by atoms with Crippen molar-refractivity contribution in [3.05, 3.63) is 66.7 Å². The summed E-state index contributed by atoms with van der Waals surface area (Å²) in [6.45, 7) is 2.16. The zero-order valence-electron chi connectivity index (χ0n) is 14.9. The molecule has 4 nitrogen and oxygen atoms in total. The van der Waals surface area contributed by atoms with Crippen molar-refractivity contribution in [2.45, 2.75) is 6.92 Å². The van der Waals surface area contributed by atoms with Crippen molar-refractivity contribution >= 4 is 48.3 Å². The van der Waals surface area contributed by atoms with Crippen LogP contribution in [-0.2, 0) is 7.05 Å². The number of rotatable bonds is 1. The van der Waals surface area contributed by atoms with E-state index < -0.39 is 0 Å². The Morgan fingerprint density at radius 2 is 1.96 bits per heavy atom. The number of para-hydroxylation sites is 1. The van der Waals surface area contributed by atoms with E-state index >= 15 is 0 Å². The van der Waals surface area contributed by atoms with Crippen LogP contribution in [0.15, 0.2) is 65.6 Å². The van der Waals surface area contributed by atoms with Gasteiger partial charge in [-0.3, -0.25) is 4.40 Å². The quantitative estimate of drug-likeness (QED) is 0.371. The van der Waals surface area contributed by atoms with Gasteiger partial charge < -0.3 is 4.42 Å². The van der Waals surface area contributed by atoms with E-state index in [9.17, 15) is 0 Å². The number of benzene rings is 2. The van der Waals surface area contributed by atoms with Crippen LogP contribution in [0.3, 0.4) is 0 Å². The van der Waals surface area contributed by atoms with Gasteiger partial charge in [0.1, 0.15) is 34.1 Å². The normalized spacial score (nSPS) is 12.1. The maximum Gasteiger partial charge on any atom is 0.232 e. The summed E-state index contributed by atoms with van der Waals surface area (Å²) in [6, 6.07) is 14.8. The first-order valence-corrected chi connectivity index (χ1v) is 9.68. The zero-order chi connectivity index (χ0) is 18.1. The molecule has 27 heavy (non-hydrogen) atoms. The largest absolute Gasteiger partial charge is 0.456 e. The highest BCUT2D eigenvalue weighted by Gasteiger charge is 2.22. The lowest BCUT2D eigenvalue weighted by Crippen LogP contribution is -2.30. The SMILES string of the molecule is Cc1cc2oc3ccccc3c2cc1-c1c2sc3cncn3c2cc[n+]1C. The lowest BCUT2D eigenvalue weighted by molar-refractivity contribution is -0.659. The molecule has 0 atom stereocenters. The minimum absolute atomic E-state index is 0.933. The number of aromatic nitrogens is 3. The summed E-state index contributed by atoms with van der Waals surface area (Å²) in [7, 11) is 2.11. The number of imidazole rings is 1. The summed E-state index contributed by atoms with van der Waals surface area (Å²) in [6.07, 6.45) is 5.94. The Labute approximate surface area is 158 Å². The van der Waals surface area contributed by atoms with Crippen LogP contribution in [0.1, 0.15) is 5.56 Å². The molecule has 4 heterocycles. The van der Waals surface area contributed by atoms with Crippen molar-refractivity contribution in [1.82, 2.24) is 9.38 Å². The lowest BCUT2D eigenvalue weighted by Gasteiger charge is -2.06. The van der Waals surface area contributed by atoms with Gasteiger partial charge in [-0.2, -0.15) is 4.57 Å². The number of nitrogens with zero attached hydrogens (tertiary/aromatic N) is 3. The molecule has 0 bridgehead atoms. The summed E-state index contributed by atoms with van der Waals surface area (Å²) in [5, 5.41) is 2.32. The van der Waals surface area contributed by atoms with E-state index in [1.54, 1.807) is 11.3 Å². The zero-order valence-corrected chi connectivity index (χ0v) is 15.7. The van der Waals surface area contributed by atoms with Gasteiger partial charge in [0.25, 0.3) is 0 Å². The molecule has 0 aliphatic carbocycles. The van der Waals surface area contributed by atoms with Gasteiger partial charge in [-0.15, -0.1) is 11.3 Å². The molecule has 0 N–H and O–H groups in total. The van der Waals surface area contributed by atoms with Crippen LogP contribution in [0.2, 0.25) is 0 Å². The number of hydrogen-bond donors (Lipinski definition) is 0. The average Bonchev–Trinajstić information content (AvgIpc) is 3.33. The Bertz CT molecular complexity index is 1500. The number of furan rings is 1. The average molecular weight is 370 g/mol.